The minimum absolute atomic E-state index is 0.0126. The maximum absolute atomic E-state index is 12.3. The van der Waals surface area contributed by atoms with Gasteiger partial charge in [-0.2, -0.15) is 14.0 Å². The molecule has 6 nitrogen and oxygen atoms in total. The third kappa shape index (κ3) is 4.73. The number of anilines is 1. The van der Waals surface area contributed by atoms with Gasteiger partial charge in [-0.1, -0.05) is 12.1 Å². The molecule has 3 rings (SSSR count). The van der Waals surface area contributed by atoms with Gasteiger partial charge < -0.3 is 19.5 Å². The van der Waals surface area contributed by atoms with Gasteiger partial charge in [0, 0.05) is 11.8 Å². The van der Waals surface area contributed by atoms with Crippen LogP contribution >= 0.6 is 0 Å². The van der Waals surface area contributed by atoms with Crippen LogP contribution in [0.4, 0.5) is 14.5 Å². The Morgan fingerprint density at radius 3 is 2.52 bits per heavy atom. The number of halogens is 2. The van der Waals surface area contributed by atoms with Gasteiger partial charge in [-0.15, -0.1) is 0 Å². The van der Waals surface area contributed by atoms with E-state index in [1.54, 1.807) is 18.2 Å². The topological polar surface area (TPSA) is 80.6 Å². The molecule has 2 aromatic rings. The summed E-state index contributed by atoms with van der Waals surface area (Å²) in [6.07, 6.45) is 1.35. The first-order chi connectivity index (χ1) is 13.0. The Morgan fingerprint density at radius 2 is 1.85 bits per heavy atom. The number of carbonyl (C=O) groups excluding carboxylic acids is 1. The second-order valence-corrected chi connectivity index (χ2v) is 5.43. The molecule has 0 atom stereocenters. The number of ether oxygens (including phenoxy) is 3. The first kappa shape index (κ1) is 18.2. The van der Waals surface area contributed by atoms with Gasteiger partial charge in [-0.3, -0.25) is 4.79 Å². The highest BCUT2D eigenvalue weighted by atomic mass is 19.3. The molecule has 0 aromatic heterocycles. The summed E-state index contributed by atoms with van der Waals surface area (Å²) in [5, 5.41) is 11.9. The number of fused-ring (bicyclic) bond motifs is 1. The molecule has 0 saturated carbocycles. The van der Waals surface area contributed by atoms with Crippen molar-refractivity contribution in [3.63, 3.8) is 0 Å². The molecule has 27 heavy (non-hydrogen) atoms. The van der Waals surface area contributed by atoms with Crippen molar-refractivity contribution in [3.8, 4) is 23.3 Å². The fourth-order valence-electron chi connectivity index (χ4n) is 2.38. The standard InChI is InChI=1S/C19H14F2N2O4/c20-19(21)27-15-4-1-12(2-5-15)9-13(11-22)18(24)23-14-3-6-16-17(10-14)26-8-7-25-16/h1-6,9-10,19H,7-8H2,(H,23,24). The van der Waals surface area contributed by atoms with Gasteiger partial charge in [0.25, 0.3) is 5.91 Å². The maximum atomic E-state index is 12.3. The van der Waals surface area contributed by atoms with Gasteiger partial charge in [-0.25, -0.2) is 0 Å². The zero-order valence-electron chi connectivity index (χ0n) is 13.9. The summed E-state index contributed by atoms with van der Waals surface area (Å²) in [5.74, 6) is 0.473. The lowest BCUT2D eigenvalue weighted by Gasteiger charge is -2.18. The van der Waals surface area contributed by atoms with E-state index < -0.39 is 12.5 Å². The number of hydrogen-bond donors (Lipinski definition) is 1. The maximum Gasteiger partial charge on any atom is 0.387 e. The zero-order chi connectivity index (χ0) is 19.2. The minimum Gasteiger partial charge on any atom is -0.486 e. The van der Waals surface area contributed by atoms with Crippen molar-refractivity contribution in [1.82, 2.24) is 0 Å². The molecular weight excluding hydrogens is 358 g/mol. The quantitative estimate of drug-likeness (QED) is 0.641. The average molecular weight is 372 g/mol. The molecule has 1 aliphatic rings. The van der Waals surface area contributed by atoms with Gasteiger partial charge in [0.2, 0.25) is 0 Å². The molecule has 138 valence electrons. The molecule has 1 aliphatic heterocycles. The Morgan fingerprint density at radius 1 is 1.15 bits per heavy atom. The summed E-state index contributed by atoms with van der Waals surface area (Å²) in [6, 6.07) is 12.3. The molecule has 0 spiro atoms. The van der Waals surface area contributed by atoms with E-state index in [1.807, 2.05) is 6.07 Å². The highest BCUT2D eigenvalue weighted by molar-refractivity contribution is 6.09. The van der Waals surface area contributed by atoms with Gasteiger partial charge in [0.05, 0.1) is 0 Å². The van der Waals surface area contributed by atoms with E-state index in [0.717, 1.165) is 0 Å². The lowest BCUT2D eigenvalue weighted by molar-refractivity contribution is -0.112. The fourth-order valence-corrected chi connectivity index (χ4v) is 2.38. The highest BCUT2D eigenvalue weighted by Crippen LogP contribution is 2.32. The van der Waals surface area contributed by atoms with Crippen LogP contribution in [0.25, 0.3) is 6.08 Å². The molecule has 0 saturated heterocycles. The van der Waals surface area contributed by atoms with Crippen LogP contribution in [0.2, 0.25) is 0 Å². The summed E-state index contributed by atoms with van der Waals surface area (Å²) in [4.78, 5) is 12.3. The number of hydrogen-bond acceptors (Lipinski definition) is 5. The Bertz CT molecular complexity index is 905. The predicted octanol–water partition coefficient (Wildman–Crippen LogP) is 3.60. The van der Waals surface area contributed by atoms with Gasteiger partial charge in [-0.05, 0) is 35.9 Å². The molecule has 0 fully saturated rings. The van der Waals surface area contributed by atoms with Crippen molar-refractivity contribution in [1.29, 1.82) is 5.26 Å². The smallest absolute Gasteiger partial charge is 0.387 e. The number of nitriles is 1. The first-order valence-electron chi connectivity index (χ1n) is 7.93. The number of benzene rings is 2. The van der Waals surface area contributed by atoms with Crippen LogP contribution in [-0.4, -0.2) is 25.7 Å². The second kappa shape index (κ2) is 8.19. The highest BCUT2D eigenvalue weighted by Gasteiger charge is 2.14. The number of nitrogens with one attached hydrogen (secondary N) is 1. The minimum atomic E-state index is -2.92. The van der Waals surface area contributed by atoms with Gasteiger partial charge in [0.1, 0.15) is 30.6 Å². The van der Waals surface area contributed by atoms with Gasteiger partial charge >= 0.3 is 6.61 Å². The molecule has 8 heteroatoms. The molecule has 0 unspecified atom stereocenters. The summed E-state index contributed by atoms with van der Waals surface area (Å²) >= 11 is 0. The number of carbonyl (C=O) groups is 1. The summed E-state index contributed by atoms with van der Waals surface area (Å²) in [5.41, 5.74) is 0.795. The molecule has 2 aromatic carbocycles. The Hall–Kier alpha value is -3.60. The number of nitrogens with zero attached hydrogens (tertiary/aromatic N) is 1. The van der Waals surface area contributed by atoms with Crippen molar-refractivity contribution in [2.75, 3.05) is 18.5 Å². The number of rotatable bonds is 5. The van der Waals surface area contributed by atoms with Crippen molar-refractivity contribution < 1.29 is 27.8 Å². The lowest BCUT2D eigenvalue weighted by Crippen LogP contribution is -2.17. The van der Waals surface area contributed by atoms with E-state index in [0.29, 0.717) is 36.0 Å². The third-order valence-electron chi connectivity index (χ3n) is 3.58. The van der Waals surface area contributed by atoms with Crippen LogP contribution < -0.4 is 19.5 Å². The molecular formula is C19H14F2N2O4. The van der Waals surface area contributed by atoms with E-state index >= 15 is 0 Å². The molecule has 1 N–H and O–H groups in total. The van der Waals surface area contributed by atoms with Crippen LogP contribution in [0, 0.1) is 11.3 Å². The number of alkyl halides is 2. The van der Waals surface area contributed by atoms with Crippen molar-refractivity contribution in [2.24, 2.45) is 0 Å². The Labute approximate surface area is 153 Å². The number of amides is 1. The van der Waals surface area contributed by atoms with Crippen molar-refractivity contribution >= 4 is 17.7 Å². The van der Waals surface area contributed by atoms with E-state index in [9.17, 15) is 18.8 Å². The van der Waals surface area contributed by atoms with Crippen molar-refractivity contribution in [2.45, 2.75) is 6.61 Å². The lowest BCUT2D eigenvalue weighted by atomic mass is 10.1. The third-order valence-corrected chi connectivity index (χ3v) is 3.58. The molecule has 1 heterocycles. The van der Waals surface area contributed by atoms with Crippen LogP contribution in [0.5, 0.6) is 17.2 Å². The zero-order valence-corrected chi connectivity index (χ0v) is 13.9. The largest absolute Gasteiger partial charge is 0.486 e. The van der Waals surface area contributed by atoms with Gasteiger partial charge in [0.15, 0.2) is 11.5 Å². The fraction of sp³-hybridized carbons (Fsp3) is 0.158. The summed E-state index contributed by atoms with van der Waals surface area (Å²) < 4.78 is 39.4. The van der Waals surface area contributed by atoms with Crippen LogP contribution in [0.1, 0.15) is 5.56 Å². The van der Waals surface area contributed by atoms with Crippen molar-refractivity contribution in [3.05, 3.63) is 53.6 Å². The van der Waals surface area contributed by atoms with E-state index in [-0.39, 0.29) is 11.3 Å². The monoisotopic (exact) mass is 372 g/mol. The average Bonchev–Trinajstić information content (AvgIpc) is 2.66. The normalized spacial score (nSPS) is 13.0. The second-order valence-electron chi connectivity index (χ2n) is 5.43. The van der Waals surface area contributed by atoms with Crippen LogP contribution in [0.15, 0.2) is 48.0 Å². The summed E-state index contributed by atoms with van der Waals surface area (Å²) in [6.45, 7) is -2.04. The molecule has 0 bridgehead atoms. The van der Waals surface area contributed by atoms with Crippen LogP contribution in [-0.2, 0) is 4.79 Å². The van der Waals surface area contributed by atoms with E-state index in [2.05, 4.69) is 10.1 Å². The van der Waals surface area contributed by atoms with E-state index in [4.69, 9.17) is 9.47 Å². The van der Waals surface area contributed by atoms with E-state index in [1.165, 1.54) is 30.3 Å². The Kier molecular flexibility index (Phi) is 5.52. The Balaban J connectivity index is 1.72. The molecule has 0 aliphatic carbocycles. The summed E-state index contributed by atoms with van der Waals surface area (Å²) in [7, 11) is 0. The molecule has 0 radical (unpaired) electrons. The SMILES string of the molecule is N#CC(=Cc1ccc(OC(F)F)cc1)C(=O)Nc1ccc2c(c1)OCCO2. The van der Waals surface area contributed by atoms with Crippen LogP contribution in [0.3, 0.4) is 0 Å². The first-order valence-corrected chi connectivity index (χ1v) is 7.93. The predicted molar refractivity (Wildman–Crippen MR) is 92.7 cm³/mol. The molecule has 1 amide bonds.